The summed E-state index contributed by atoms with van der Waals surface area (Å²) in [4.78, 5) is 0. The monoisotopic (exact) mass is 228 g/mol. The smallest absolute Gasteiger partial charge is 0.139 e. The maximum atomic E-state index is 4.26. The van der Waals surface area contributed by atoms with Crippen LogP contribution < -0.4 is 5.32 Å². The van der Waals surface area contributed by atoms with E-state index >= 15 is 0 Å². The van der Waals surface area contributed by atoms with E-state index in [0.717, 1.165) is 18.9 Å². The predicted molar refractivity (Wildman–Crippen MR) is 65.9 cm³/mol. The third-order valence-corrected chi connectivity index (χ3v) is 3.45. The van der Waals surface area contributed by atoms with Gasteiger partial charge in [-0.15, -0.1) is 10.2 Å². The van der Waals surface area contributed by atoms with Gasteiger partial charge in [0, 0.05) is 19.0 Å². The molecular weight excluding hydrogens is 212 g/mol. The topological polar surface area (TPSA) is 42.7 Å². The van der Waals surface area contributed by atoms with Crippen molar-refractivity contribution < 1.29 is 0 Å². The van der Waals surface area contributed by atoms with Crippen molar-refractivity contribution in [1.82, 2.24) is 20.1 Å². The molecule has 0 spiro atoms. The van der Waals surface area contributed by atoms with Crippen LogP contribution in [0.2, 0.25) is 0 Å². The Morgan fingerprint density at radius 3 is 2.71 bits per heavy atom. The third-order valence-electron chi connectivity index (χ3n) is 3.45. The molecule has 1 fully saturated rings. The predicted octanol–water partition coefficient (Wildman–Crippen LogP) is 1.57. The van der Waals surface area contributed by atoms with Gasteiger partial charge in [-0.05, 0) is 12.5 Å². The van der Waals surface area contributed by atoms with Gasteiger partial charge in [-0.25, -0.2) is 0 Å². The standard InChI is InChI=1S/C13H16N4/c1-10(11-5-3-2-4-6-11)17-9-15-16-13(17)12-7-14-8-12/h2-6,9-10,12,14H,7-8H2,1H3. The van der Waals surface area contributed by atoms with Gasteiger partial charge in [0.2, 0.25) is 0 Å². The second-order valence-corrected chi connectivity index (χ2v) is 4.54. The van der Waals surface area contributed by atoms with Crippen molar-refractivity contribution in [3.63, 3.8) is 0 Å². The van der Waals surface area contributed by atoms with E-state index < -0.39 is 0 Å². The lowest BCUT2D eigenvalue weighted by Crippen LogP contribution is -2.41. The van der Waals surface area contributed by atoms with Crippen LogP contribution >= 0.6 is 0 Å². The lowest BCUT2D eigenvalue weighted by atomic mass is 10.0. The number of nitrogens with one attached hydrogen (secondary N) is 1. The fourth-order valence-corrected chi connectivity index (χ4v) is 2.21. The van der Waals surface area contributed by atoms with Crippen LogP contribution in [0.15, 0.2) is 36.7 Å². The van der Waals surface area contributed by atoms with Gasteiger partial charge in [0.05, 0.1) is 6.04 Å². The number of aromatic nitrogens is 3. The van der Waals surface area contributed by atoms with Crippen LogP contribution in [-0.2, 0) is 0 Å². The van der Waals surface area contributed by atoms with Crippen LogP contribution in [0.4, 0.5) is 0 Å². The van der Waals surface area contributed by atoms with Gasteiger partial charge in [0.25, 0.3) is 0 Å². The Hall–Kier alpha value is -1.68. The van der Waals surface area contributed by atoms with Crippen molar-refractivity contribution in [3.8, 4) is 0 Å². The van der Waals surface area contributed by atoms with Crippen molar-refractivity contribution in [2.75, 3.05) is 13.1 Å². The summed E-state index contributed by atoms with van der Waals surface area (Å²) in [5.74, 6) is 1.61. The van der Waals surface area contributed by atoms with Gasteiger partial charge < -0.3 is 9.88 Å². The molecule has 2 aromatic rings. The molecule has 1 aliphatic heterocycles. The number of hydrogen-bond acceptors (Lipinski definition) is 3. The largest absolute Gasteiger partial charge is 0.315 e. The zero-order chi connectivity index (χ0) is 11.7. The molecule has 1 atom stereocenters. The molecule has 3 rings (SSSR count). The summed E-state index contributed by atoms with van der Waals surface area (Å²) >= 11 is 0. The van der Waals surface area contributed by atoms with Gasteiger partial charge in [-0.3, -0.25) is 0 Å². The SMILES string of the molecule is CC(c1ccccc1)n1cnnc1C1CNC1. The van der Waals surface area contributed by atoms with Crippen molar-refractivity contribution in [2.45, 2.75) is 18.9 Å². The van der Waals surface area contributed by atoms with Gasteiger partial charge in [-0.2, -0.15) is 0 Å². The zero-order valence-corrected chi connectivity index (χ0v) is 9.87. The molecular formula is C13H16N4. The van der Waals surface area contributed by atoms with Gasteiger partial charge in [0.15, 0.2) is 0 Å². The van der Waals surface area contributed by atoms with Crippen molar-refractivity contribution in [1.29, 1.82) is 0 Å². The fraction of sp³-hybridized carbons (Fsp3) is 0.385. The van der Waals surface area contributed by atoms with Crippen molar-refractivity contribution in [2.24, 2.45) is 0 Å². The number of hydrogen-bond donors (Lipinski definition) is 1. The molecule has 4 nitrogen and oxygen atoms in total. The minimum Gasteiger partial charge on any atom is -0.315 e. The first kappa shape index (κ1) is 10.5. The maximum absolute atomic E-state index is 4.26. The number of rotatable bonds is 3. The first-order valence-electron chi connectivity index (χ1n) is 6.01. The molecule has 2 heterocycles. The number of nitrogens with zero attached hydrogens (tertiary/aromatic N) is 3. The van der Waals surface area contributed by atoms with E-state index in [1.54, 1.807) is 0 Å². The summed E-state index contributed by atoms with van der Waals surface area (Å²) in [6, 6.07) is 10.8. The van der Waals surface area contributed by atoms with E-state index in [1.807, 2.05) is 12.4 Å². The van der Waals surface area contributed by atoms with Crippen LogP contribution in [0.5, 0.6) is 0 Å². The molecule has 17 heavy (non-hydrogen) atoms. The molecule has 88 valence electrons. The van der Waals surface area contributed by atoms with E-state index in [9.17, 15) is 0 Å². The van der Waals surface area contributed by atoms with Crippen molar-refractivity contribution in [3.05, 3.63) is 48.0 Å². The highest BCUT2D eigenvalue weighted by atomic mass is 15.3. The summed E-state index contributed by atoms with van der Waals surface area (Å²) in [7, 11) is 0. The Morgan fingerprint density at radius 1 is 1.29 bits per heavy atom. The third kappa shape index (κ3) is 1.85. The maximum Gasteiger partial charge on any atom is 0.139 e. The lowest BCUT2D eigenvalue weighted by Gasteiger charge is -2.28. The summed E-state index contributed by atoms with van der Waals surface area (Å²) in [6.45, 7) is 4.22. The summed E-state index contributed by atoms with van der Waals surface area (Å²) in [6.07, 6.45) is 1.84. The molecule has 0 aliphatic carbocycles. The fourth-order valence-electron chi connectivity index (χ4n) is 2.21. The minimum absolute atomic E-state index is 0.293. The van der Waals surface area contributed by atoms with Crippen LogP contribution in [-0.4, -0.2) is 27.9 Å². The summed E-state index contributed by atoms with van der Waals surface area (Å²) < 4.78 is 2.18. The van der Waals surface area contributed by atoms with Crippen LogP contribution in [0.25, 0.3) is 0 Å². The minimum atomic E-state index is 0.293. The Morgan fingerprint density at radius 2 is 2.06 bits per heavy atom. The normalized spacial score (nSPS) is 17.7. The molecule has 0 bridgehead atoms. The lowest BCUT2D eigenvalue weighted by molar-refractivity contribution is 0.407. The quantitative estimate of drug-likeness (QED) is 0.867. The highest BCUT2D eigenvalue weighted by Crippen LogP contribution is 2.24. The number of benzene rings is 1. The first-order valence-corrected chi connectivity index (χ1v) is 6.01. The molecule has 1 unspecified atom stereocenters. The molecule has 1 aromatic carbocycles. The molecule has 1 aliphatic rings. The van der Waals surface area contributed by atoms with Gasteiger partial charge in [-0.1, -0.05) is 30.3 Å². The Labute approximate surface area is 101 Å². The Kier molecular flexibility index (Phi) is 2.65. The molecule has 0 saturated carbocycles. The summed E-state index contributed by atoms with van der Waals surface area (Å²) in [5, 5.41) is 11.6. The summed E-state index contributed by atoms with van der Waals surface area (Å²) in [5.41, 5.74) is 1.29. The molecule has 0 amide bonds. The highest BCUT2D eigenvalue weighted by molar-refractivity contribution is 5.20. The molecule has 4 heteroatoms. The van der Waals surface area contributed by atoms with Gasteiger partial charge >= 0.3 is 0 Å². The van der Waals surface area contributed by atoms with Crippen LogP contribution in [0.1, 0.15) is 30.3 Å². The van der Waals surface area contributed by atoms with E-state index in [1.165, 1.54) is 5.56 Å². The van der Waals surface area contributed by atoms with Crippen LogP contribution in [0, 0.1) is 0 Å². The van der Waals surface area contributed by atoms with E-state index in [-0.39, 0.29) is 0 Å². The molecule has 1 N–H and O–H groups in total. The van der Waals surface area contributed by atoms with Crippen molar-refractivity contribution >= 4 is 0 Å². The second kappa shape index (κ2) is 4.30. The highest BCUT2D eigenvalue weighted by Gasteiger charge is 2.25. The average Bonchev–Trinajstić information content (AvgIpc) is 2.76. The van der Waals surface area contributed by atoms with Crippen LogP contribution in [0.3, 0.4) is 0 Å². The Bertz CT molecular complexity index is 487. The van der Waals surface area contributed by atoms with E-state index in [2.05, 4.69) is 51.3 Å². The molecule has 0 radical (unpaired) electrons. The average molecular weight is 228 g/mol. The second-order valence-electron chi connectivity index (χ2n) is 4.54. The Balaban J connectivity index is 1.91. The van der Waals surface area contributed by atoms with E-state index in [4.69, 9.17) is 0 Å². The first-order chi connectivity index (χ1) is 8.36. The van der Waals surface area contributed by atoms with E-state index in [0.29, 0.717) is 12.0 Å². The van der Waals surface area contributed by atoms with Gasteiger partial charge in [0.1, 0.15) is 12.2 Å². The molecule has 1 saturated heterocycles. The zero-order valence-electron chi connectivity index (χ0n) is 9.87. The molecule has 1 aromatic heterocycles.